The van der Waals surface area contributed by atoms with E-state index >= 15 is 0 Å². The van der Waals surface area contributed by atoms with Crippen molar-refractivity contribution >= 4 is 44.2 Å². The van der Waals surface area contributed by atoms with Gasteiger partial charge in [0.2, 0.25) is 15.9 Å². The second-order valence-electron chi connectivity index (χ2n) is 6.63. The number of carbonyl (C=O) groups excluding carboxylic acids is 3. The third kappa shape index (κ3) is 5.55. The van der Waals surface area contributed by atoms with Gasteiger partial charge in [-0.3, -0.25) is 4.79 Å². The van der Waals surface area contributed by atoms with E-state index in [1.165, 1.54) is 4.31 Å². The average Bonchev–Trinajstić information content (AvgIpc) is 2.97. The Bertz CT molecular complexity index is 884. The molecule has 0 unspecified atom stereocenters. The molecule has 0 atom stereocenters. The number of hydrogen-bond acceptors (Lipinski definition) is 8. The van der Waals surface area contributed by atoms with Gasteiger partial charge in [-0.25, -0.2) is 22.3 Å². The summed E-state index contributed by atoms with van der Waals surface area (Å²) in [5.74, 6) is -1.90. The van der Waals surface area contributed by atoms with Crippen molar-refractivity contribution in [3.05, 3.63) is 16.0 Å². The maximum atomic E-state index is 12.7. The topological polar surface area (TPSA) is 119 Å². The molecule has 9 nitrogen and oxygen atoms in total. The van der Waals surface area contributed by atoms with Crippen LogP contribution in [0.25, 0.3) is 0 Å². The molecule has 2 heterocycles. The van der Waals surface area contributed by atoms with Crippen LogP contribution in [-0.4, -0.2) is 63.1 Å². The van der Waals surface area contributed by atoms with Gasteiger partial charge in [0.25, 0.3) is 0 Å². The number of hydrogen-bond donors (Lipinski definition) is 1. The van der Waals surface area contributed by atoms with Crippen LogP contribution >= 0.6 is 11.3 Å². The summed E-state index contributed by atoms with van der Waals surface area (Å²) in [5.41, 5.74) is 0.538. The number of amides is 1. The van der Waals surface area contributed by atoms with Crippen molar-refractivity contribution in [3.63, 3.8) is 0 Å². The highest BCUT2D eigenvalue weighted by Crippen LogP contribution is 2.35. The first-order valence-corrected chi connectivity index (χ1v) is 12.0. The molecular formula is C18H26N2O7S2. The number of esters is 2. The van der Waals surface area contributed by atoms with E-state index in [4.69, 9.17) is 9.47 Å². The largest absolute Gasteiger partial charge is 0.462 e. The highest BCUT2D eigenvalue weighted by Gasteiger charge is 2.32. The van der Waals surface area contributed by atoms with Gasteiger partial charge in [-0.2, -0.15) is 0 Å². The van der Waals surface area contributed by atoms with Crippen LogP contribution in [0.2, 0.25) is 0 Å². The molecule has 162 valence electrons. The Hall–Kier alpha value is -1.98. The highest BCUT2D eigenvalue weighted by molar-refractivity contribution is 7.88. The summed E-state index contributed by atoms with van der Waals surface area (Å²) >= 11 is 0.972. The SMILES string of the molecule is CCOC(=O)c1sc(NC(=O)C2CCN(S(C)(=O)=O)CC2)c(C(=O)OCC)c1C. The quantitative estimate of drug-likeness (QED) is 0.636. The fourth-order valence-electron chi connectivity index (χ4n) is 3.11. The molecule has 29 heavy (non-hydrogen) atoms. The molecule has 0 bridgehead atoms. The van der Waals surface area contributed by atoms with E-state index in [2.05, 4.69) is 5.32 Å². The van der Waals surface area contributed by atoms with Crippen molar-refractivity contribution in [1.82, 2.24) is 4.31 Å². The number of sulfonamides is 1. The van der Waals surface area contributed by atoms with E-state index < -0.39 is 27.9 Å². The van der Waals surface area contributed by atoms with Crippen LogP contribution in [0, 0.1) is 12.8 Å². The van der Waals surface area contributed by atoms with Crippen LogP contribution in [0.4, 0.5) is 5.00 Å². The summed E-state index contributed by atoms with van der Waals surface area (Å²) in [6.07, 6.45) is 1.90. The van der Waals surface area contributed by atoms with Crippen LogP contribution in [0.15, 0.2) is 0 Å². The molecule has 1 aliphatic rings. The van der Waals surface area contributed by atoms with Gasteiger partial charge in [-0.15, -0.1) is 11.3 Å². The maximum absolute atomic E-state index is 12.7. The van der Waals surface area contributed by atoms with Crippen molar-refractivity contribution < 1.29 is 32.3 Å². The second-order valence-corrected chi connectivity index (χ2v) is 9.63. The molecule has 11 heteroatoms. The van der Waals surface area contributed by atoms with Crippen LogP contribution in [-0.2, 0) is 24.3 Å². The van der Waals surface area contributed by atoms with Gasteiger partial charge in [0.1, 0.15) is 9.88 Å². The molecule has 0 aliphatic carbocycles. The monoisotopic (exact) mass is 446 g/mol. The normalized spacial score (nSPS) is 15.7. The maximum Gasteiger partial charge on any atom is 0.348 e. The second kappa shape index (κ2) is 9.68. The lowest BCUT2D eigenvalue weighted by Crippen LogP contribution is -2.40. The van der Waals surface area contributed by atoms with Gasteiger partial charge in [0.15, 0.2) is 0 Å². The third-order valence-electron chi connectivity index (χ3n) is 4.62. The Labute approximate surface area is 174 Å². The van der Waals surface area contributed by atoms with Crippen molar-refractivity contribution in [1.29, 1.82) is 0 Å². The molecular weight excluding hydrogens is 420 g/mol. The van der Waals surface area contributed by atoms with Crippen molar-refractivity contribution in [2.45, 2.75) is 33.6 Å². The number of piperidine rings is 1. The van der Waals surface area contributed by atoms with E-state index in [1.54, 1.807) is 20.8 Å². The summed E-state index contributed by atoms with van der Waals surface area (Å²) in [5, 5.41) is 2.97. The molecule has 1 fully saturated rings. The minimum Gasteiger partial charge on any atom is -0.462 e. The fraction of sp³-hybridized carbons (Fsp3) is 0.611. The predicted molar refractivity (Wildman–Crippen MR) is 109 cm³/mol. The summed E-state index contributed by atoms with van der Waals surface area (Å²) in [4.78, 5) is 37.6. The smallest absolute Gasteiger partial charge is 0.348 e. The number of nitrogens with zero attached hydrogens (tertiary/aromatic N) is 1. The van der Waals surface area contributed by atoms with E-state index in [0.29, 0.717) is 18.4 Å². The lowest BCUT2D eigenvalue weighted by molar-refractivity contribution is -0.120. The highest BCUT2D eigenvalue weighted by atomic mass is 32.2. The van der Waals surface area contributed by atoms with Gasteiger partial charge in [-0.1, -0.05) is 0 Å². The predicted octanol–water partition coefficient (Wildman–Crippen LogP) is 2.02. The molecule has 1 amide bonds. The van der Waals surface area contributed by atoms with Gasteiger partial charge in [0, 0.05) is 19.0 Å². The van der Waals surface area contributed by atoms with Gasteiger partial charge in [0.05, 0.1) is 25.0 Å². The van der Waals surface area contributed by atoms with Gasteiger partial charge in [-0.05, 0) is 39.2 Å². The Morgan fingerprint density at radius 2 is 1.66 bits per heavy atom. The third-order valence-corrected chi connectivity index (χ3v) is 7.11. The first-order chi connectivity index (χ1) is 13.6. The molecule has 1 aromatic heterocycles. The van der Waals surface area contributed by atoms with Crippen molar-refractivity contribution in [3.8, 4) is 0 Å². The zero-order valence-corrected chi connectivity index (χ0v) is 18.6. The molecule has 1 saturated heterocycles. The van der Waals surface area contributed by atoms with Crippen LogP contribution in [0.3, 0.4) is 0 Å². The molecule has 1 aromatic rings. The first-order valence-electron chi connectivity index (χ1n) is 9.33. The number of nitrogens with one attached hydrogen (secondary N) is 1. The average molecular weight is 447 g/mol. The van der Waals surface area contributed by atoms with Gasteiger partial charge < -0.3 is 14.8 Å². The molecule has 0 saturated carbocycles. The number of anilines is 1. The molecule has 1 aliphatic heterocycles. The number of thiophene rings is 1. The number of ether oxygens (including phenoxy) is 2. The van der Waals surface area contributed by atoms with E-state index in [0.717, 1.165) is 17.6 Å². The van der Waals surface area contributed by atoms with E-state index in [-0.39, 0.29) is 47.7 Å². The number of rotatable bonds is 7. The minimum atomic E-state index is -3.28. The van der Waals surface area contributed by atoms with E-state index in [9.17, 15) is 22.8 Å². The Morgan fingerprint density at radius 1 is 1.10 bits per heavy atom. The van der Waals surface area contributed by atoms with Gasteiger partial charge >= 0.3 is 11.9 Å². The zero-order chi connectivity index (χ0) is 21.8. The molecule has 2 rings (SSSR count). The summed E-state index contributed by atoms with van der Waals surface area (Å²) in [6, 6.07) is 0. The first kappa shape index (κ1) is 23.3. The Morgan fingerprint density at radius 3 is 2.17 bits per heavy atom. The molecule has 1 N–H and O–H groups in total. The molecule has 0 radical (unpaired) electrons. The zero-order valence-electron chi connectivity index (χ0n) is 16.9. The fourth-order valence-corrected chi connectivity index (χ4v) is 5.07. The molecule has 0 aromatic carbocycles. The lowest BCUT2D eigenvalue weighted by Gasteiger charge is -2.29. The summed E-state index contributed by atoms with van der Waals surface area (Å²) in [6.45, 7) is 5.82. The van der Waals surface area contributed by atoms with Crippen LogP contribution in [0.1, 0.15) is 52.3 Å². The van der Waals surface area contributed by atoms with E-state index in [1.807, 2.05) is 0 Å². The summed E-state index contributed by atoms with van der Waals surface area (Å²) in [7, 11) is -3.28. The minimum absolute atomic E-state index is 0.141. The lowest BCUT2D eigenvalue weighted by atomic mass is 9.97. The Kier molecular flexibility index (Phi) is 7.78. The van der Waals surface area contributed by atoms with Crippen molar-refractivity contribution in [2.24, 2.45) is 5.92 Å². The van der Waals surface area contributed by atoms with Crippen LogP contribution < -0.4 is 5.32 Å². The number of carbonyl (C=O) groups is 3. The standard InChI is InChI=1S/C18H26N2O7S2/c1-5-26-17(22)13-11(3)14(18(23)27-6-2)28-16(13)19-15(21)12-7-9-20(10-8-12)29(4,24)25/h12H,5-10H2,1-4H3,(H,19,21). The summed E-state index contributed by atoms with van der Waals surface area (Å²) < 4.78 is 34.7. The van der Waals surface area contributed by atoms with Crippen LogP contribution in [0.5, 0.6) is 0 Å². The molecule has 0 spiro atoms. The Balaban J connectivity index is 2.22. The van der Waals surface area contributed by atoms with Crippen molar-refractivity contribution in [2.75, 3.05) is 37.9 Å².